The molecule has 0 saturated heterocycles. The van der Waals surface area contributed by atoms with Crippen molar-refractivity contribution in [3.05, 3.63) is 74.4 Å². The number of H-pyrrole nitrogens is 1. The second kappa shape index (κ2) is 10.1. The monoisotopic (exact) mass is 494 g/mol. The number of carbonyl (C=O) groups is 1. The molecule has 36 heavy (non-hydrogen) atoms. The Balaban J connectivity index is 1.82. The first-order valence-corrected chi connectivity index (χ1v) is 10.8. The molecule has 1 aromatic carbocycles. The minimum Gasteiger partial charge on any atom is -0.493 e. The molecule has 13 nitrogen and oxygen atoms in total. The third-order valence-corrected chi connectivity index (χ3v) is 5.16. The van der Waals surface area contributed by atoms with Crippen molar-refractivity contribution in [1.29, 1.82) is 0 Å². The van der Waals surface area contributed by atoms with Gasteiger partial charge >= 0.3 is 0 Å². The number of amides is 1. The molecule has 3 heterocycles. The van der Waals surface area contributed by atoms with Gasteiger partial charge in [-0.3, -0.25) is 24.7 Å². The van der Waals surface area contributed by atoms with Crippen LogP contribution in [0, 0.1) is 10.1 Å². The first-order valence-electron chi connectivity index (χ1n) is 10.8. The van der Waals surface area contributed by atoms with E-state index in [1.54, 1.807) is 12.1 Å². The summed E-state index contributed by atoms with van der Waals surface area (Å²) in [5.41, 5.74) is -0.281. The number of aryl methyl sites for hydroxylation is 1. The van der Waals surface area contributed by atoms with E-state index in [1.165, 1.54) is 43.4 Å². The zero-order chi connectivity index (χ0) is 25.8. The highest BCUT2D eigenvalue weighted by Gasteiger charge is 2.26. The van der Waals surface area contributed by atoms with Gasteiger partial charge in [-0.15, -0.1) is 0 Å². The highest BCUT2D eigenvalue weighted by molar-refractivity contribution is 6.07. The fourth-order valence-electron chi connectivity index (χ4n) is 3.54. The molecule has 0 saturated carbocycles. The standard InChI is InChI=1S/C23H22N6O7/c1-4-6-13-9-21(30)26-23(24-13)28-20(11-15(27-28)17-7-5-8-36-17)25-22(31)14-10-18(34-2)19(35-3)12-16(14)29(32)33/h5,7-12H,4,6H2,1-3H3,(H,25,31)(H,24,26,30). The average molecular weight is 494 g/mol. The Hall–Kier alpha value is -4.94. The van der Waals surface area contributed by atoms with Crippen LogP contribution in [-0.4, -0.2) is 44.8 Å². The summed E-state index contributed by atoms with van der Waals surface area (Å²) >= 11 is 0. The maximum absolute atomic E-state index is 13.3. The summed E-state index contributed by atoms with van der Waals surface area (Å²) in [5, 5.41) is 18.7. The molecule has 4 aromatic rings. The SMILES string of the molecule is CCCc1cc(=O)[nH]c(-n2nc(-c3ccco3)cc2NC(=O)c2cc(OC)c(OC)cc2[N+](=O)[O-])n1. The second-order valence-electron chi connectivity index (χ2n) is 7.55. The van der Waals surface area contributed by atoms with E-state index in [9.17, 15) is 19.7 Å². The van der Waals surface area contributed by atoms with Gasteiger partial charge in [0.15, 0.2) is 17.3 Å². The van der Waals surface area contributed by atoms with Gasteiger partial charge < -0.3 is 19.2 Å². The van der Waals surface area contributed by atoms with Crippen molar-refractivity contribution < 1.29 is 23.6 Å². The van der Waals surface area contributed by atoms with Gasteiger partial charge in [0.1, 0.15) is 17.1 Å². The van der Waals surface area contributed by atoms with Crippen LogP contribution in [-0.2, 0) is 6.42 Å². The first kappa shape index (κ1) is 24.2. The van der Waals surface area contributed by atoms with Crippen molar-refractivity contribution in [2.24, 2.45) is 0 Å². The van der Waals surface area contributed by atoms with Crippen LogP contribution in [0.15, 0.2) is 51.9 Å². The lowest BCUT2D eigenvalue weighted by Gasteiger charge is -2.12. The van der Waals surface area contributed by atoms with Crippen molar-refractivity contribution in [1.82, 2.24) is 19.7 Å². The third-order valence-electron chi connectivity index (χ3n) is 5.16. The van der Waals surface area contributed by atoms with Crippen molar-refractivity contribution in [3.8, 4) is 28.9 Å². The van der Waals surface area contributed by atoms with Crippen LogP contribution < -0.4 is 20.3 Å². The number of benzene rings is 1. The van der Waals surface area contributed by atoms with Crippen LogP contribution >= 0.6 is 0 Å². The van der Waals surface area contributed by atoms with Crippen LogP contribution in [0.25, 0.3) is 17.4 Å². The fourth-order valence-corrected chi connectivity index (χ4v) is 3.54. The van der Waals surface area contributed by atoms with E-state index < -0.39 is 22.1 Å². The van der Waals surface area contributed by atoms with Crippen LogP contribution in [0.5, 0.6) is 11.5 Å². The number of nitro benzene ring substituents is 1. The van der Waals surface area contributed by atoms with E-state index >= 15 is 0 Å². The van der Waals surface area contributed by atoms with E-state index in [4.69, 9.17) is 13.9 Å². The molecule has 0 aliphatic carbocycles. The zero-order valence-electron chi connectivity index (χ0n) is 19.6. The number of hydrogen-bond acceptors (Lipinski definition) is 9. The number of aromatic nitrogens is 4. The molecule has 0 fully saturated rings. The number of anilines is 1. The van der Waals surface area contributed by atoms with E-state index in [0.29, 0.717) is 23.6 Å². The molecule has 2 N–H and O–H groups in total. The van der Waals surface area contributed by atoms with Gasteiger partial charge in [-0.25, -0.2) is 4.98 Å². The number of aromatic amines is 1. The number of carbonyl (C=O) groups excluding carboxylic acids is 1. The van der Waals surface area contributed by atoms with Gasteiger partial charge in [0.05, 0.1) is 31.5 Å². The fraction of sp³-hybridized carbons (Fsp3) is 0.217. The molecular formula is C23H22N6O7. The predicted octanol–water partition coefficient (Wildman–Crippen LogP) is 3.35. The molecule has 4 rings (SSSR count). The zero-order valence-corrected chi connectivity index (χ0v) is 19.6. The molecule has 186 valence electrons. The summed E-state index contributed by atoms with van der Waals surface area (Å²) in [7, 11) is 2.68. The molecule has 0 spiro atoms. The highest BCUT2D eigenvalue weighted by Crippen LogP contribution is 2.35. The molecule has 0 aliphatic rings. The largest absolute Gasteiger partial charge is 0.493 e. The second-order valence-corrected chi connectivity index (χ2v) is 7.55. The van der Waals surface area contributed by atoms with Gasteiger partial charge in [0.2, 0.25) is 5.95 Å². The summed E-state index contributed by atoms with van der Waals surface area (Å²) in [6, 6.07) is 8.53. The summed E-state index contributed by atoms with van der Waals surface area (Å²) in [4.78, 5) is 43.5. The molecule has 3 aromatic heterocycles. The Morgan fingerprint density at radius 3 is 2.61 bits per heavy atom. The van der Waals surface area contributed by atoms with Gasteiger partial charge in [-0.1, -0.05) is 13.3 Å². The van der Waals surface area contributed by atoms with Crippen LogP contribution in [0.1, 0.15) is 29.4 Å². The van der Waals surface area contributed by atoms with Crippen molar-refractivity contribution in [2.75, 3.05) is 19.5 Å². The van der Waals surface area contributed by atoms with Gasteiger partial charge in [-0.05, 0) is 18.6 Å². The Morgan fingerprint density at radius 2 is 1.97 bits per heavy atom. The molecule has 1 amide bonds. The lowest BCUT2D eigenvalue weighted by Crippen LogP contribution is -2.20. The van der Waals surface area contributed by atoms with Gasteiger partial charge in [0.25, 0.3) is 17.2 Å². The molecule has 0 radical (unpaired) electrons. The van der Waals surface area contributed by atoms with Gasteiger partial charge in [0, 0.05) is 23.9 Å². The molecule has 13 heteroatoms. The van der Waals surface area contributed by atoms with E-state index in [-0.39, 0.29) is 28.8 Å². The number of furan rings is 1. The Labute approximate surface area is 203 Å². The maximum Gasteiger partial charge on any atom is 0.286 e. The topological polar surface area (TPSA) is 167 Å². The van der Waals surface area contributed by atoms with Crippen LogP contribution in [0.4, 0.5) is 11.5 Å². The average Bonchev–Trinajstić information content (AvgIpc) is 3.53. The van der Waals surface area contributed by atoms with Crippen molar-refractivity contribution >= 4 is 17.4 Å². The molecule has 0 aliphatic heterocycles. The lowest BCUT2D eigenvalue weighted by molar-refractivity contribution is -0.385. The predicted molar refractivity (Wildman–Crippen MR) is 128 cm³/mol. The number of ether oxygens (including phenoxy) is 2. The minimum atomic E-state index is -0.818. The Bertz CT molecular complexity index is 1470. The van der Waals surface area contributed by atoms with Crippen LogP contribution in [0.2, 0.25) is 0 Å². The number of nitro groups is 1. The number of rotatable bonds is 9. The first-order chi connectivity index (χ1) is 17.3. The quantitative estimate of drug-likeness (QED) is 0.262. The lowest BCUT2D eigenvalue weighted by atomic mass is 10.1. The summed E-state index contributed by atoms with van der Waals surface area (Å²) < 4.78 is 16.9. The number of methoxy groups -OCH3 is 2. The number of nitrogens with zero attached hydrogens (tertiary/aromatic N) is 4. The molecule has 0 unspecified atom stereocenters. The molecule has 0 bridgehead atoms. The Kier molecular flexibility index (Phi) is 6.81. The van der Waals surface area contributed by atoms with Crippen molar-refractivity contribution in [3.63, 3.8) is 0 Å². The van der Waals surface area contributed by atoms with E-state index in [2.05, 4.69) is 20.4 Å². The third kappa shape index (κ3) is 4.80. The highest BCUT2D eigenvalue weighted by atomic mass is 16.6. The minimum absolute atomic E-state index is 0.0564. The van der Waals surface area contributed by atoms with Crippen LogP contribution in [0.3, 0.4) is 0 Å². The molecule has 0 atom stereocenters. The number of hydrogen-bond donors (Lipinski definition) is 2. The smallest absolute Gasteiger partial charge is 0.286 e. The van der Waals surface area contributed by atoms with Crippen molar-refractivity contribution in [2.45, 2.75) is 19.8 Å². The summed E-state index contributed by atoms with van der Waals surface area (Å²) in [6.07, 6.45) is 2.78. The summed E-state index contributed by atoms with van der Waals surface area (Å²) in [6.45, 7) is 1.95. The molecular weight excluding hydrogens is 472 g/mol. The van der Waals surface area contributed by atoms with E-state index in [0.717, 1.165) is 12.5 Å². The van der Waals surface area contributed by atoms with E-state index in [1.807, 2.05) is 6.92 Å². The van der Waals surface area contributed by atoms with Gasteiger partial charge in [-0.2, -0.15) is 9.78 Å². The summed E-state index contributed by atoms with van der Waals surface area (Å²) in [5.74, 6) is -0.0416. The Morgan fingerprint density at radius 1 is 1.22 bits per heavy atom. The normalized spacial score (nSPS) is 10.8. The maximum atomic E-state index is 13.3. The number of nitrogens with one attached hydrogen (secondary N) is 2.